The van der Waals surface area contributed by atoms with Gasteiger partial charge in [-0.25, -0.2) is 4.79 Å². The number of urea groups is 1. The van der Waals surface area contributed by atoms with Crippen molar-refractivity contribution in [2.24, 2.45) is 0 Å². The SMILES string of the molecule is Cc1ccc(Cl)cc1N1CC[NH+](CC(=O)NC(=O)Nc2ccccc2)CC1. The van der Waals surface area contributed by atoms with Gasteiger partial charge in [-0.2, -0.15) is 0 Å². The summed E-state index contributed by atoms with van der Waals surface area (Å²) < 4.78 is 0. The number of amides is 3. The summed E-state index contributed by atoms with van der Waals surface area (Å²) in [7, 11) is 0. The number of carbonyl (C=O) groups is 2. The van der Waals surface area contributed by atoms with E-state index in [1.54, 1.807) is 12.1 Å². The van der Waals surface area contributed by atoms with E-state index in [9.17, 15) is 9.59 Å². The number of benzene rings is 2. The Kier molecular flexibility index (Phi) is 6.32. The fourth-order valence-electron chi connectivity index (χ4n) is 3.25. The third-order valence-electron chi connectivity index (χ3n) is 4.68. The topological polar surface area (TPSA) is 65.9 Å². The molecule has 2 aromatic rings. The van der Waals surface area contributed by atoms with E-state index in [1.165, 1.54) is 5.56 Å². The van der Waals surface area contributed by atoms with Crippen molar-refractivity contribution in [3.63, 3.8) is 0 Å². The number of halogens is 1. The fourth-order valence-corrected chi connectivity index (χ4v) is 3.41. The Bertz CT molecular complexity index is 805. The first kappa shape index (κ1) is 19.2. The highest BCUT2D eigenvalue weighted by molar-refractivity contribution is 6.30. The number of quaternary nitrogens is 1. The molecule has 0 unspecified atom stereocenters. The lowest BCUT2D eigenvalue weighted by Crippen LogP contribution is -3.16. The van der Waals surface area contributed by atoms with Gasteiger partial charge in [0, 0.05) is 16.4 Å². The highest BCUT2D eigenvalue weighted by atomic mass is 35.5. The zero-order chi connectivity index (χ0) is 19.2. The Morgan fingerprint density at radius 1 is 1.11 bits per heavy atom. The van der Waals surface area contributed by atoms with Crippen molar-refractivity contribution in [1.29, 1.82) is 0 Å². The molecule has 0 saturated carbocycles. The van der Waals surface area contributed by atoms with E-state index in [0.29, 0.717) is 5.69 Å². The summed E-state index contributed by atoms with van der Waals surface area (Å²) in [6.07, 6.45) is 0. The summed E-state index contributed by atoms with van der Waals surface area (Å²) in [5, 5.41) is 5.77. The first-order valence-corrected chi connectivity index (χ1v) is 9.39. The van der Waals surface area contributed by atoms with Gasteiger partial charge in [0.15, 0.2) is 6.54 Å². The van der Waals surface area contributed by atoms with E-state index >= 15 is 0 Å². The summed E-state index contributed by atoms with van der Waals surface area (Å²) in [5.41, 5.74) is 2.99. The Morgan fingerprint density at radius 3 is 2.52 bits per heavy atom. The van der Waals surface area contributed by atoms with Crippen molar-refractivity contribution in [3.8, 4) is 0 Å². The van der Waals surface area contributed by atoms with Crippen LogP contribution in [0.4, 0.5) is 16.2 Å². The lowest BCUT2D eigenvalue weighted by molar-refractivity contribution is -0.892. The third-order valence-corrected chi connectivity index (χ3v) is 4.91. The number of para-hydroxylation sites is 1. The summed E-state index contributed by atoms with van der Waals surface area (Å²) in [6, 6.07) is 14.5. The van der Waals surface area contributed by atoms with Crippen LogP contribution in [0.3, 0.4) is 0 Å². The fraction of sp³-hybridized carbons (Fsp3) is 0.300. The third kappa shape index (κ3) is 5.45. The van der Waals surface area contributed by atoms with Gasteiger partial charge >= 0.3 is 6.03 Å². The Balaban J connectivity index is 1.45. The molecule has 1 saturated heterocycles. The molecule has 0 aliphatic carbocycles. The number of anilines is 2. The monoisotopic (exact) mass is 387 g/mol. The van der Waals surface area contributed by atoms with E-state index in [1.807, 2.05) is 36.4 Å². The standard InChI is InChI=1S/C20H23ClN4O2/c1-15-7-8-16(21)13-18(15)25-11-9-24(10-12-25)14-19(26)23-20(27)22-17-5-3-2-4-6-17/h2-8,13H,9-12,14H2,1H3,(H2,22,23,26,27)/p+1. The molecule has 1 heterocycles. The number of nitrogens with one attached hydrogen (secondary N) is 3. The van der Waals surface area contributed by atoms with Crippen molar-refractivity contribution < 1.29 is 14.5 Å². The second kappa shape index (κ2) is 8.88. The van der Waals surface area contributed by atoms with Gasteiger partial charge in [-0.1, -0.05) is 35.9 Å². The quantitative estimate of drug-likeness (QED) is 0.748. The van der Waals surface area contributed by atoms with E-state index in [4.69, 9.17) is 11.6 Å². The molecular formula is C20H24ClN4O2+. The Labute approximate surface area is 164 Å². The molecule has 0 bridgehead atoms. The number of rotatable bonds is 4. The van der Waals surface area contributed by atoms with Gasteiger partial charge in [-0.05, 0) is 36.8 Å². The van der Waals surface area contributed by atoms with E-state index in [2.05, 4.69) is 22.5 Å². The van der Waals surface area contributed by atoms with Crippen LogP contribution in [0, 0.1) is 6.92 Å². The van der Waals surface area contributed by atoms with Gasteiger partial charge in [-0.15, -0.1) is 0 Å². The molecule has 7 heteroatoms. The van der Waals surface area contributed by atoms with Crippen LogP contribution in [0.25, 0.3) is 0 Å². The molecule has 1 fully saturated rings. The van der Waals surface area contributed by atoms with Crippen LogP contribution in [0.5, 0.6) is 0 Å². The maximum atomic E-state index is 12.1. The average Bonchev–Trinajstić information content (AvgIpc) is 2.65. The van der Waals surface area contributed by atoms with Gasteiger partial charge in [0.1, 0.15) is 0 Å². The highest BCUT2D eigenvalue weighted by Crippen LogP contribution is 2.24. The molecule has 27 heavy (non-hydrogen) atoms. The molecule has 3 rings (SSSR count). The highest BCUT2D eigenvalue weighted by Gasteiger charge is 2.24. The van der Waals surface area contributed by atoms with Crippen molar-refractivity contribution in [3.05, 3.63) is 59.1 Å². The first-order valence-electron chi connectivity index (χ1n) is 9.02. The molecule has 1 aliphatic rings. The van der Waals surface area contributed by atoms with Crippen LogP contribution in [0.2, 0.25) is 5.02 Å². The molecule has 3 N–H and O–H groups in total. The number of carbonyl (C=O) groups excluding carboxylic acids is 2. The number of hydrogen-bond acceptors (Lipinski definition) is 3. The largest absolute Gasteiger partial charge is 0.360 e. The molecule has 142 valence electrons. The molecule has 0 radical (unpaired) electrons. The number of imide groups is 1. The minimum Gasteiger partial charge on any atom is -0.360 e. The Morgan fingerprint density at radius 2 is 1.81 bits per heavy atom. The summed E-state index contributed by atoms with van der Waals surface area (Å²) in [6.45, 7) is 5.72. The van der Waals surface area contributed by atoms with Crippen LogP contribution in [-0.2, 0) is 4.79 Å². The lowest BCUT2D eigenvalue weighted by Gasteiger charge is -2.34. The van der Waals surface area contributed by atoms with Crippen molar-refractivity contribution in [1.82, 2.24) is 5.32 Å². The average molecular weight is 388 g/mol. The van der Waals surface area contributed by atoms with Crippen LogP contribution < -0.4 is 20.4 Å². The maximum Gasteiger partial charge on any atom is 0.326 e. The van der Waals surface area contributed by atoms with Crippen molar-refractivity contribution >= 4 is 34.9 Å². The molecule has 0 aromatic heterocycles. The number of nitrogens with zero attached hydrogens (tertiary/aromatic N) is 1. The molecule has 0 atom stereocenters. The van der Waals surface area contributed by atoms with Crippen LogP contribution in [0.15, 0.2) is 48.5 Å². The normalized spacial score (nSPS) is 14.7. The molecule has 0 spiro atoms. The minimum absolute atomic E-state index is 0.272. The second-order valence-electron chi connectivity index (χ2n) is 6.71. The first-order chi connectivity index (χ1) is 13.0. The molecule has 3 amide bonds. The van der Waals surface area contributed by atoms with Gasteiger partial charge < -0.3 is 15.1 Å². The Hall–Kier alpha value is -2.57. The van der Waals surface area contributed by atoms with E-state index in [-0.39, 0.29) is 12.5 Å². The van der Waals surface area contributed by atoms with E-state index in [0.717, 1.165) is 41.8 Å². The predicted molar refractivity (Wildman–Crippen MR) is 108 cm³/mol. The van der Waals surface area contributed by atoms with Gasteiger partial charge in [0.05, 0.1) is 26.2 Å². The number of aryl methyl sites for hydroxylation is 1. The summed E-state index contributed by atoms with van der Waals surface area (Å²) in [4.78, 5) is 27.5. The molecular weight excluding hydrogens is 364 g/mol. The number of piperazine rings is 1. The van der Waals surface area contributed by atoms with Crippen molar-refractivity contribution in [2.75, 3.05) is 42.9 Å². The van der Waals surface area contributed by atoms with Gasteiger partial charge in [-0.3, -0.25) is 10.1 Å². The number of hydrogen-bond donors (Lipinski definition) is 3. The van der Waals surface area contributed by atoms with Crippen LogP contribution in [0.1, 0.15) is 5.56 Å². The maximum absolute atomic E-state index is 12.1. The van der Waals surface area contributed by atoms with Gasteiger partial charge in [0.25, 0.3) is 5.91 Å². The summed E-state index contributed by atoms with van der Waals surface area (Å²) in [5.74, 6) is -0.272. The summed E-state index contributed by atoms with van der Waals surface area (Å²) >= 11 is 6.12. The van der Waals surface area contributed by atoms with Crippen LogP contribution >= 0.6 is 11.6 Å². The molecule has 6 nitrogen and oxygen atoms in total. The van der Waals surface area contributed by atoms with Crippen LogP contribution in [-0.4, -0.2) is 44.7 Å². The molecule has 2 aromatic carbocycles. The smallest absolute Gasteiger partial charge is 0.326 e. The lowest BCUT2D eigenvalue weighted by atomic mass is 10.1. The van der Waals surface area contributed by atoms with E-state index < -0.39 is 6.03 Å². The van der Waals surface area contributed by atoms with Gasteiger partial charge in [0.2, 0.25) is 0 Å². The van der Waals surface area contributed by atoms with Crippen molar-refractivity contribution in [2.45, 2.75) is 6.92 Å². The minimum atomic E-state index is -0.501. The zero-order valence-electron chi connectivity index (χ0n) is 15.3. The molecule has 1 aliphatic heterocycles. The predicted octanol–water partition coefficient (Wildman–Crippen LogP) is 1.70. The zero-order valence-corrected chi connectivity index (χ0v) is 16.1. The second-order valence-corrected chi connectivity index (χ2v) is 7.15.